The molecule has 0 heterocycles. The third-order valence-corrected chi connectivity index (χ3v) is 3.55. The van der Waals surface area contributed by atoms with Crippen LogP contribution in [0.5, 0.6) is 0 Å². The Morgan fingerprint density at radius 3 is 2.41 bits per heavy atom. The first kappa shape index (κ1) is 14.8. The van der Waals surface area contributed by atoms with Crippen LogP contribution in [0.1, 0.15) is 52.4 Å². The van der Waals surface area contributed by atoms with Crippen LogP contribution in [0.25, 0.3) is 0 Å². The summed E-state index contributed by atoms with van der Waals surface area (Å²) < 4.78 is 38.4. The molecule has 0 bridgehead atoms. The van der Waals surface area contributed by atoms with Crippen LogP contribution >= 0.6 is 0 Å². The van der Waals surface area contributed by atoms with E-state index < -0.39 is 12.1 Å². The molecule has 1 aliphatic carbocycles. The minimum Gasteiger partial charge on any atom is -0.313 e. The summed E-state index contributed by atoms with van der Waals surface area (Å²) in [5.41, 5.74) is 0. The number of alkyl halides is 3. The second kappa shape index (κ2) is 6.62. The quantitative estimate of drug-likeness (QED) is 0.724. The topological polar surface area (TPSA) is 12.0 Å². The summed E-state index contributed by atoms with van der Waals surface area (Å²) in [5.74, 6) is -0.503. The fourth-order valence-corrected chi connectivity index (χ4v) is 2.56. The molecule has 0 spiro atoms. The van der Waals surface area contributed by atoms with Crippen molar-refractivity contribution in [3.05, 3.63) is 0 Å². The number of hydrogen-bond donors (Lipinski definition) is 1. The predicted octanol–water partition coefficient (Wildman–Crippen LogP) is 4.13. The van der Waals surface area contributed by atoms with E-state index in [1.54, 1.807) is 0 Å². The molecule has 0 aromatic carbocycles. The van der Waals surface area contributed by atoms with Crippen LogP contribution in [-0.4, -0.2) is 18.8 Å². The molecule has 2 atom stereocenters. The Morgan fingerprint density at radius 2 is 1.82 bits per heavy atom. The van der Waals surface area contributed by atoms with Gasteiger partial charge in [0.2, 0.25) is 0 Å². The standard InChI is InChI=1S/C13H24F3N/c1-10(2)6-5-9-17-12-8-4-3-7-11(12)13(14,15)16/h10-12,17H,3-9H2,1-2H3. The molecule has 1 nitrogen and oxygen atoms in total. The number of nitrogens with one attached hydrogen (secondary N) is 1. The number of hydrogen-bond acceptors (Lipinski definition) is 1. The molecule has 4 heteroatoms. The van der Waals surface area contributed by atoms with Gasteiger partial charge < -0.3 is 5.32 Å². The Kier molecular flexibility index (Phi) is 5.77. The maximum absolute atomic E-state index is 12.8. The van der Waals surface area contributed by atoms with Gasteiger partial charge in [-0.25, -0.2) is 0 Å². The van der Waals surface area contributed by atoms with E-state index in [-0.39, 0.29) is 6.04 Å². The molecule has 0 aromatic heterocycles. The first-order valence-electron chi connectivity index (χ1n) is 6.71. The molecule has 1 aliphatic rings. The van der Waals surface area contributed by atoms with E-state index in [1.165, 1.54) is 0 Å². The Labute approximate surface area is 102 Å². The molecule has 0 radical (unpaired) electrons. The first-order valence-corrected chi connectivity index (χ1v) is 6.71. The highest BCUT2D eigenvalue weighted by molar-refractivity contribution is 4.85. The SMILES string of the molecule is CC(C)CCCNC1CCCCC1C(F)(F)F. The van der Waals surface area contributed by atoms with Crippen molar-refractivity contribution >= 4 is 0 Å². The summed E-state index contributed by atoms with van der Waals surface area (Å²) >= 11 is 0. The predicted molar refractivity (Wildman–Crippen MR) is 63.9 cm³/mol. The lowest BCUT2D eigenvalue weighted by molar-refractivity contribution is -0.188. The van der Waals surface area contributed by atoms with Gasteiger partial charge in [-0.2, -0.15) is 13.2 Å². The largest absolute Gasteiger partial charge is 0.393 e. The summed E-state index contributed by atoms with van der Waals surface area (Å²) in [6.45, 7) is 4.99. The first-order chi connectivity index (χ1) is 7.91. The van der Waals surface area contributed by atoms with Gasteiger partial charge in [0.1, 0.15) is 0 Å². The summed E-state index contributed by atoms with van der Waals surface area (Å²) in [6.07, 6.45) is 0.630. The average Bonchev–Trinajstić information content (AvgIpc) is 2.23. The van der Waals surface area contributed by atoms with E-state index in [0.717, 1.165) is 25.8 Å². The van der Waals surface area contributed by atoms with Gasteiger partial charge >= 0.3 is 6.18 Å². The van der Waals surface area contributed by atoms with E-state index >= 15 is 0 Å². The molecule has 1 rings (SSSR count). The zero-order chi connectivity index (χ0) is 12.9. The average molecular weight is 251 g/mol. The Balaban J connectivity index is 2.33. The minimum absolute atomic E-state index is 0.297. The number of rotatable bonds is 5. The van der Waals surface area contributed by atoms with Gasteiger partial charge in [-0.15, -0.1) is 0 Å². The van der Waals surface area contributed by atoms with Gasteiger partial charge in [0.15, 0.2) is 0 Å². The zero-order valence-electron chi connectivity index (χ0n) is 10.8. The van der Waals surface area contributed by atoms with Crippen molar-refractivity contribution in [1.82, 2.24) is 5.32 Å². The van der Waals surface area contributed by atoms with E-state index in [9.17, 15) is 13.2 Å². The molecule has 17 heavy (non-hydrogen) atoms. The van der Waals surface area contributed by atoms with Crippen molar-refractivity contribution < 1.29 is 13.2 Å². The third kappa shape index (κ3) is 5.28. The monoisotopic (exact) mass is 251 g/mol. The highest BCUT2D eigenvalue weighted by Gasteiger charge is 2.45. The molecular formula is C13H24F3N. The van der Waals surface area contributed by atoms with Gasteiger partial charge in [0.25, 0.3) is 0 Å². The van der Waals surface area contributed by atoms with Gasteiger partial charge in [-0.1, -0.05) is 26.7 Å². The molecule has 1 saturated carbocycles. The molecular weight excluding hydrogens is 227 g/mol. The summed E-state index contributed by atoms with van der Waals surface area (Å²) in [5, 5.41) is 3.11. The van der Waals surface area contributed by atoms with Gasteiger partial charge in [-0.3, -0.25) is 0 Å². The van der Waals surface area contributed by atoms with Crippen LogP contribution in [0, 0.1) is 11.8 Å². The van der Waals surface area contributed by atoms with Crippen molar-refractivity contribution in [3.63, 3.8) is 0 Å². The lowest BCUT2D eigenvalue weighted by Crippen LogP contribution is -2.45. The summed E-state index contributed by atoms with van der Waals surface area (Å²) in [7, 11) is 0. The van der Waals surface area contributed by atoms with Crippen LogP contribution < -0.4 is 5.32 Å². The fourth-order valence-electron chi connectivity index (χ4n) is 2.56. The van der Waals surface area contributed by atoms with E-state index in [2.05, 4.69) is 19.2 Å². The molecule has 1 N–H and O–H groups in total. The molecule has 0 aromatic rings. The van der Waals surface area contributed by atoms with Crippen molar-refractivity contribution in [2.75, 3.05) is 6.54 Å². The second-order valence-electron chi connectivity index (χ2n) is 5.53. The van der Waals surface area contributed by atoms with Gasteiger partial charge in [0, 0.05) is 6.04 Å². The lowest BCUT2D eigenvalue weighted by atomic mass is 9.84. The van der Waals surface area contributed by atoms with Crippen molar-refractivity contribution in [1.29, 1.82) is 0 Å². The highest BCUT2D eigenvalue weighted by atomic mass is 19.4. The maximum Gasteiger partial charge on any atom is 0.393 e. The number of halogens is 3. The molecule has 0 amide bonds. The summed E-state index contributed by atoms with van der Waals surface area (Å²) in [4.78, 5) is 0. The molecule has 1 fully saturated rings. The zero-order valence-corrected chi connectivity index (χ0v) is 10.8. The fraction of sp³-hybridized carbons (Fsp3) is 1.00. The minimum atomic E-state index is -4.03. The van der Waals surface area contributed by atoms with Crippen molar-refractivity contribution in [3.8, 4) is 0 Å². The van der Waals surface area contributed by atoms with Crippen LogP contribution in [0.15, 0.2) is 0 Å². The van der Waals surface area contributed by atoms with E-state index in [0.29, 0.717) is 25.2 Å². The van der Waals surface area contributed by atoms with Gasteiger partial charge in [-0.05, 0) is 38.1 Å². The van der Waals surface area contributed by atoms with Crippen LogP contribution in [-0.2, 0) is 0 Å². The van der Waals surface area contributed by atoms with Crippen molar-refractivity contribution in [2.24, 2.45) is 11.8 Å². The molecule has 0 saturated heterocycles. The van der Waals surface area contributed by atoms with Crippen LogP contribution in [0.4, 0.5) is 13.2 Å². The Hall–Kier alpha value is -0.250. The van der Waals surface area contributed by atoms with Gasteiger partial charge in [0.05, 0.1) is 5.92 Å². The van der Waals surface area contributed by atoms with Crippen LogP contribution in [0.2, 0.25) is 0 Å². The molecule has 0 aliphatic heterocycles. The Morgan fingerprint density at radius 1 is 1.18 bits per heavy atom. The van der Waals surface area contributed by atoms with Crippen molar-refractivity contribution in [2.45, 2.75) is 64.6 Å². The molecule has 2 unspecified atom stereocenters. The highest BCUT2D eigenvalue weighted by Crippen LogP contribution is 2.37. The van der Waals surface area contributed by atoms with E-state index in [4.69, 9.17) is 0 Å². The summed E-state index contributed by atoms with van der Waals surface area (Å²) in [6, 6.07) is -0.351. The van der Waals surface area contributed by atoms with E-state index in [1.807, 2.05) is 0 Å². The Bertz CT molecular complexity index is 213. The third-order valence-electron chi connectivity index (χ3n) is 3.55. The maximum atomic E-state index is 12.8. The molecule has 102 valence electrons. The lowest BCUT2D eigenvalue weighted by Gasteiger charge is -2.33. The smallest absolute Gasteiger partial charge is 0.313 e. The normalized spacial score (nSPS) is 26.5. The van der Waals surface area contributed by atoms with Crippen LogP contribution in [0.3, 0.4) is 0 Å². The second-order valence-corrected chi connectivity index (χ2v) is 5.53.